The number of carbonyl (C=O) groups excluding carboxylic acids is 1. The van der Waals surface area contributed by atoms with Gasteiger partial charge in [0.2, 0.25) is 0 Å². The van der Waals surface area contributed by atoms with Gasteiger partial charge < -0.3 is 20.7 Å². The molecule has 0 aliphatic rings. The van der Waals surface area contributed by atoms with E-state index in [-0.39, 0.29) is 5.97 Å². The number of carbonyl (C=O) groups is 1. The number of benzene rings is 2. The first kappa shape index (κ1) is 22.3. The van der Waals surface area contributed by atoms with Crippen molar-refractivity contribution in [2.24, 2.45) is 0 Å². The first-order valence-corrected chi connectivity index (χ1v) is 11.6. The largest absolute Gasteiger partial charge is 0.465 e. The Bertz CT molecular complexity index is 1290. The van der Waals surface area contributed by atoms with Gasteiger partial charge in [0.25, 0.3) is 0 Å². The number of thiophene rings is 1. The Balaban J connectivity index is 1.25. The quantitative estimate of drug-likeness (QED) is 0.177. The van der Waals surface area contributed by atoms with E-state index in [4.69, 9.17) is 28.6 Å². The number of thiocarbonyl (C=S) groups is 1. The topological polar surface area (TPSA) is 75.3 Å². The summed E-state index contributed by atoms with van der Waals surface area (Å²) in [6.45, 7) is 1.51. The Morgan fingerprint density at radius 3 is 2.88 bits per heavy atom. The van der Waals surface area contributed by atoms with Gasteiger partial charge in [-0.05, 0) is 72.6 Å². The van der Waals surface area contributed by atoms with Crippen LogP contribution in [-0.4, -0.2) is 36.3 Å². The van der Waals surface area contributed by atoms with Gasteiger partial charge in [-0.15, -0.1) is 11.3 Å². The Morgan fingerprint density at radius 2 is 2.03 bits per heavy atom. The molecule has 0 fully saturated rings. The van der Waals surface area contributed by atoms with Crippen molar-refractivity contribution < 1.29 is 9.53 Å². The lowest BCUT2D eigenvalue weighted by Crippen LogP contribution is -2.30. The number of anilines is 2. The summed E-state index contributed by atoms with van der Waals surface area (Å²) in [5.41, 5.74) is 2.76. The summed E-state index contributed by atoms with van der Waals surface area (Å²) in [5, 5.41) is 13.1. The number of hydrogen-bond donors (Lipinski definition) is 3. The number of ether oxygens (including phenoxy) is 1. The Hall–Kier alpha value is -2.94. The second-order valence-corrected chi connectivity index (χ2v) is 8.96. The minimum atomic E-state index is -0.324. The van der Waals surface area contributed by atoms with Crippen LogP contribution in [0.5, 0.6) is 0 Å². The van der Waals surface area contributed by atoms with Crippen molar-refractivity contribution in [1.82, 2.24) is 10.3 Å². The summed E-state index contributed by atoms with van der Waals surface area (Å²) in [4.78, 5) is 16.7. The summed E-state index contributed by atoms with van der Waals surface area (Å²) in [6.07, 6.45) is 2.65. The van der Waals surface area contributed by atoms with Crippen LogP contribution in [0.2, 0.25) is 5.02 Å². The van der Waals surface area contributed by atoms with Crippen molar-refractivity contribution in [3.05, 3.63) is 64.6 Å². The number of halogens is 1. The number of pyridine rings is 1. The summed E-state index contributed by atoms with van der Waals surface area (Å²) in [5.74, 6) is -0.324. The van der Waals surface area contributed by atoms with E-state index in [9.17, 15) is 4.79 Å². The van der Waals surface area contributed by atoms with Crippen LogP contribution in [0.15, 0.2) is 54.7 Å². The molecule has 4 aromatic rings. The van der Waals surface area contributed by atoms with Crippen molar-refractivity contribution in [2.75, 3.05) is 30.8 Å². The molecule has 2 heterocycles. The van der Waals surface area contributed by atoms with Crippen molar-refractivity contribution in [3.63, 3.8) is 0 Å². The van der Waals surface area contributed by atoms with Gasteiger partial charge in [0.1, 0.15) is 4.88 Å². The second kappa shape index (κ2) is 10.1. The highest BCUT2D eigenvalue weighted by Crippen LogP contribution is 2.28. The van der Waals surface area contributed by atoms with E-state index in [0.717, 1.165) is 51.9 Å². The minimum Gasteiger partial charge on any atom is -0.465 e. The average molecular weight is 485 g/mol. The first-order valence-electron chi connectivity index (χ1n) is 9.98. The molecule has 32 heavy (non-hydrogen) atoms. The summed E-state index contributed by atoms with van der Waals surface area (Å²) in [7, 11) is 1.38. The molecule has 4 rings (SSSR count). The van der Waals surface area contributed by atoms with Crippen LogP contribution in [0.4, 0.5) is 11.4 Å². The van der Waals surface area contributed by atoms with Gasteiger partial charge in [0.15, 0.2) is 5.11 Å². The van der Waals surface area contributed by atoms with Crippen molar-refractivity contribution in [2.45, 2.75) is 6.42 Å². The van der Waals surface area contributed by atoms with Gasteiger partial charge in [-0.1, -0.05) is 11.6 Å². The summed E-state index contributed by atoms with van der Waals surface area (Å²) >= 11 is 12.9. The third-order valence-corrected chi connectivity index (χ3v) is 6.40. The van der Waals surface area contributed by atoms with E-state index in [2.05, 4.69) is 20.9 Å². The molecule has 9 heteroatoms. The number of nitrogens with zero attached hydrogens (tertiary/aromatic N) is 1. The lowest BCUT2D eigenvalue weighted by Gasteiger charge is -2.12. The molecule has 0 atom stereocenters. The predicted octanol–water partition coefficient (Wildman–Crippen LogP) is 5.68. The second-order valence-electron chi connectivity index (χ2n) is 7.04. The number of aromatic nitrogens is 1. The van der Waals surface area contributed by atoms with E-state index < -0.39 is 0 Å². The van der Waals surface area contributed by atoms with Gasteiger partial charge in [0, 0.05) is 45.8 Å². The third kappa shape index (κ3) is 5.27. The molecule has 0 spiro atoms. The van der Waals surface area contributed by atoms with E-state index in [1.54, 1.807) is 6.20 Å². The van der Waals surface area contributed by atoms with E-state index in [1.165, 1.54) is 18.4 Å². The lowest BCUT2D eigenvalue weighted by molar-refractivity contribution is 0.0606. The molecule has 0 unspecified atom stereocenters. The highest BCUT2D eigenvalue weighted by molar-refractivity contribution is 7.80. The van der Waals surface area contributed by atoms with Gasteiger partial charge in [-0.2, -0.15) is 0 Å². The zero-order valence-electron chi connectivity index (χ0n) is 17.3. The predicted molar refractivity (Wildman–Crippen MR) is 137 cm³/mol. The number of nitrogens with one attached hydrogen (secondary N) is 3. The Kier molecular flexibility index (Phi) is 7.04. The number of rotatable bonds is 7. The van der Waals surface area contributed by atoms with Crippen molar-refractivity contribution in [3.8, 4) is 0 Å². The molecule has 0 saturated heterocycles. The highest BCUT2D eigenvalue weighted by atomic mass is 35.5. The SMILES string of the molecule is COC(=O)c1cc2cc(NC(=S)NCCCNc3ccnc4cc(Cl)ccc34)ccc2s1. The number of esters is 1. The Labute approximate surface area is 199 Å². The summed E-state index contributed by atoms with van der Waals surface area (Å²) < 4.78 is 5.81. The molecule has 6 nitrogen and oxygen atoms in total. The standard InChI is InChI=1S/C23H21ClN4O2S2/c1-30-22(29)21-12-14-11-16(4-6-20(14)32-21)28-23(31)27-9-2-8-25-18-7-10-26-19-13-15(24)3-5-17(18)19/h3-7,10-13H,2,8-9H2,1H3,(H,25,26)(H2,27,28,31). The van der Waals surface area contributed by atoms with Gasteiger partial charge >= 0.3 is 5.97 Å². The Morgan fingerprint density at radius 1 is 1.16 bits per heavy atom. The highest BCUT2D eigenvalue weighted by Gasteiger charge is 2.10. The molecule has 0 aliphatic carbocycles. The van der Waals surface area contributed by atoms with Gasteiger partial charge in [-0.3, -0.25) is 4.98 Å². The van der Waals surface area contributed by atoms with Crippen molar-refractivity contribution >= 4 is 78.6 Å². The molecule has 2 aromatic heterocycles. The lowest BCUT2D eigenvalue weighted by atomic mass is 10.2. The molecule has 0 aliphatic heterocycles. The molecule has 0 radical (unpaired) electrons. The molecule has 3 N–H and O–H groups in total. The van der Waals surface area contributed by atoms with E-state index >= 15 is 0 Å². The molecule has 0 bridgehead atoms. The fourth-order valence-corrected chi connectivity index (χ4v) is 4.63. The maximum absolute atomic E-state index is 11.7. The fraction of sp³-hybridized carbons (Fsp3) is 0.174. The molecular formula is C23H21ClN4O2S2. The van der Waals surface area contributed by atoms with Crippen LogP contribution >= 0.6 is 35.2 Å². The fourth-order valence-electron chi connectivity index (χ4n) is 3.29. The first-order chi connectivity index (χ1) is 15.5. The maximum Gasteiger partial charge on any atom is 0.348 e. The van der Waals surface area contributed by atoms with Gasteiger partial charge in [0.05, 0.1) is 12.6 Å². The molecule has 164 valence electrons. The normalized spacial score (nSPS) is 10.8. The van der Waals surface area contributed by atoms with Crippen LogP contribution in [0.3, 0.4) is 0 Å². The average Bonchev–Trinajstić information content (AvgIpc) is 3.21. The number of fused-ring (bicyclic) bond motifs is 2. The monoisotopic (exact) mass is 484 g/mol. The van der Waals surface area contributed by atoms with Crippen LogP contribution in [-0.2, 0) is 4.74 Å². The van der Waals surface area contributed by atoms with E-state index in [0.29, 0.717) is 15.0 Å². The van der Waals surface area contributed by atoms with Crippen LogP contribution in [0.1, 0.15) is 16.1 Å². The smallest absolute Gasteiger partial charge is 0.348 e. The van der Waals surface area contributed by atoms with Crippen LogP contribution in [0.25, 0.3) is 21.0 Å². The minimum absolute atomic E-state index is 0.324. The zero-order chi connectivity index (χ0) is 22.5. The van der Waals surface area contributed by atoms with Crippen molar-refractivity contribution in [1.29, 1.82) is 0 Å². The van der Waals surface area contributed by atoms with Crippen LogP contribution < -0.4 is 16.0 Å². The molecule has 0 amide bonds. The van der Waals surface area contributed by atoms with E-state index in [1.807, 2.05) is 48.5 Å². The van der Waals surface area contributed by atoms with Gasteiger partial charge in [-0.25, -0.2) is 4.79 Å². The number of methoxy groups -OCH3 is 1. The molecule has 2 aromatic carbocycles. The number of hydrogen-bond acceptors (Lipinski definition) is 6. The van der Waals surface area contributed by atoms with Crippen LogP contribution in [0, 0.1) is 0 Å². The molecule has 0 saturated carbocycles. The zero-order valence-corrected chi connectivity index (χ0v) is 19.7. The summed E-state index contributed by atoms with van der Waals surface area (Å²) in [6, 6.07) is 15.4. The third-order valence-electron chi connectivity index (χ3n) is 4.82. The maximum atomic E-state index is 11.7. The molecular weight excluding hydrogens is 464 g/mol.